The van der Waals surface area contributed by atoms with Crippen LogP contribution < -0.4 is 0 Å². The van der Waals surface area contributed by atoms with Gasteiger partial charge in [0.25, 0.3) is 0 Å². The summed E-state index contributed by atoms with van der Waals surface area (Å²) in [5.41, 5.74) is -0.136. The van der Waals surface area contributed by atoms with Crippen LogP contribution in [0.5, 0.6) is 0 Å². The largest absolute Gasteiger partial charge is 0.383 e. The Labute approximate surface area is 131 Å². The quantitative estimate of drug-likeness (QED) is 0.875. The molecule has 21 heavy (non-hydrogen) atoms. The molecule has 1 aromatic rings. The third kappa shape index (κ3) is 3.97. The lowest BCUT2D eigenvalue weighted by molar-refractivity contribution is 0.0114. The number of ether oxygens (including phenoxy) is 1. The normalized spacial score (nSPS) is 24.2. The molecule has 0 radical (unpaired) electrons. The standard InChI is InChI=1S/C15H26ClN3O2/c1-3-7-18-8-4-5-15(20,6-9-18)14-13(16)12-17-19(14)10-11-21-2/h12,20H,3-11H2,1-2H3. The number of aliphatic hydroxyl groups is 1. The van der Waals surface area contributed by atoms with Gasteiger partial charge in [-0.3, -0.25) is 4.68 Å². The minimum absolute atomic E-state index is 0.553. The predicted molar refractivity (Wildman–Crippen MR) is 83.6 cm³/mol. The summed E-state index contributed by atoms with van der Waals surface area (Å²) in [6, 6.07) is 0. The van der Waals surface area contributed by atoms with Crippen LogP contribution in [0.2, 0.25) is 5.02 Å². The van der Waals surface area contributed by atoms with Gasteiger partial charge in [-0.15, -0.1) is 0 Å². The van der Waals surface area contributed by atoms with Gasteiger partial charge in [0.2, 0.25) is 0 Å². The third-order valence-corrected chi connectivity index (χ3v) is 4.47. The van der Waals surface area contributed by atoms with Crippen molar-refractivity contribution in [1.82, 2.24) is 14.7 Å². The van der Waals surface area contributed by atoms with E-state index in [4.69, 9.17) is 16.3 Å². The molecule has 6 heteroatoms. The Kier molecular flexibility index (Phi) is 6.05. The molecule has 1 atom stereocenters. The third-order valence-electron chi connectivity index (χ3n) is 4.19. The van der Waals surface area contributed by atoms with Crippen LogP contribution >= 0.6 is 11.6 Å². The molecule has 5 nitrogen and oxygen atoms in total. The first-order chi connectivity index (χ1) is 10.1. The summed E-state index contributed by atoms with van der Waals surface area (Å²) in [6.07, 6.45) is 5.17. The van der Waals surface area contributed by atoms with Crippen LogP contribution in [0.1, 0.15) is 38.3 Å². The Balaban J connectivity index is 2.17. The van der Waals surface area contributed by atoms with Gasteiger partial charge in [-0.25, -0.2) is 0 Å². The highest BCUT2D eigenvalue weighted by molar-refractivity contribution is 6.31. The lowest BCUT2D eigenvalue weighted by atomic mass is 9.91. The Morgan fingerprint density at radius 3 is 2.90 bits per heavy atom. The second kappa shape index (κ2) is 7.58. The van der Waals surface area contributed by atoms with Gasteiger partial charge in [-0.05, 0) is 38.8 Å². The molecule has 1 saturated heterocycles. The van der Waals surface area contributed by atoms with E-state index < -0.39 is 5.60 Å². The molecule has 1 aliphatic rings. The van der Waals surface area contributed by atoms with Crippen molar-refractivity contribution in [2.75, 3.05) is 33.4 Å². The first kappa shape index (κ1) is 16.7. The van der Waals surface area contributed by atoms with Crippen molar-refractivity contribution >= 4 is 11.6 Å². The van der Waals surface area contributed by atoms with E-state index in [1.165, 1.54) is 0 Å². The van der Waals surface area contributed by atoms with Gasteiger partial charge in [0.1, 0.15) is 5.60 Å². The monoisotopic (exact) mass is 315 g/mol. The minimum Gasteiger partial charge on any atom is -0.383 e. The van der Waals surface area contributed by atoms with Crippen LogP contribution in [0.15, 0.2) is 6.20 Å². The molecule has 2 rings (SSSR count). The number of nitrogens with zero attached hydrogens (tertiary/aromatic N) is 3. The summed E-state index contributed by atoms with van der Waals surface area (Å²) < 4.78 is 6.90. The summed E-state index contributed by atoms with van der Waals surface area (Å²) in [4.78, 5) is 2.42. The molecule has 0 spiro atoms. The van der Waals surface area contributed by atoms with Crippen LogP contribution in [0, 0.1) is 0 Å². The molecule has 0 aliphatic carbocycles. The number of aromatic nitrogens is 2. The van der Waals surface area contributed by atoms with Gasteiger partial charge in [0, 0.05) is 13.7 Å². The Morgan fingerprint density at radius 2 is 2.19 bits per heavy atom. The first-order valence-corrected chi connectivity index (χ1v) is 8.14. The van der Waals surface area contributed by atoms with E-state index in [1.54, 1.807) is 18.0 Å². The van der Waals surface area contributed by atoms with E-state index in [-0.39, 0.29) is 0 Å². The zero-order chi connectivity index (χ0) is 15.3. The fraction of sp³-hybridized carbons (Fsp3) is 0.800. The Bertz CT molecular complexity index is 452. The van der Waals surface area contributed by atoms with Crippen LogP contribution in [-0.4, -0.2) is 53.1 Å². The molecule has 1 unspecified atom stereocenters. The minimum atomic E-state index is -0.885. The average Bonchev–Trinajstić information content (AvgIpc) is 2.73. The van der Waals surface area contributed by atoms with E-state index >= 15 is 0 Å². The van der Waals surface area contributed by atoms with Crippen molar-refractivity contribution in [1.29, 1.82) is 0 Å². The van der Waals surface area contributed by atoms with Gasteiger partial charge in [0.15, 0.2) is 0 Å². The zero-order valence-corrected chi connectivity index (χ0v) is 13.8. The van der Waals surface area contributed by atoms with Crippen molar-refractivity contribution in [3.05, 3.63) is 16.9 Å². The number of likely N-dealkylation sites (tertiary alicyclic amines) is 1. The van der Waals surface area contributed by atoms with Crippen LogP contribution in [0.25, 0.3) is 0 Å². The number of halogens is 1. The second-order valence-electron chi connectivity index (χ2n) is 5.78. The SMILES string of the molecule is CCCN1CCCC(O)(c2c(Cl)cnn2CCOC)CC1. The molecular weight excluding hydrogens is 290 g/mol. The van der Waals surface area contributed by atoms with Gasteiger partial charge in [-0.2, -0.15) is 5.10 Å². The summed E-state index contributed by atoms with van der Waals surface area (Å²) >= 11 is 6.30. The van der Waals surface area contributed by atoms with Gasteiger partial charge in [0.05, 0.1) is 30.1 Å². The Morgan fingerprint density at radius 1 is 1.38 bits per heavy atom. The van der Waals surface area contributed by atoms with Gasteiger partial charge in [-0.1, -0.05) is 18.5 Å². The van der Waals surface area contributed by atoms with E-state index in [2.05, 4.69) is 16.9 Å². The van der Waals surface area contributed by atoms with Crippen LogP contribution in [0.4, 0.5) is 0 Å². The molecule has 1 aliphatic heterocycles. The highest BCUT2D eigenvalue weighted by atomic mass is 35.5. The predicted octanol–water partition coefficient (Wildman–Crippen LogP) is 2.27. The molecule has 0 bridgehead atoms. The summed E-state index contributed by atoms with van der Waals surface area (Å²) in [5, 5.41) is 16.0. The van der Waals surface area contributed by atoms with Crippen molar-refractivity contribution in [2.24, 2.45) is 0 Å². The molecule has 120 valence electrons. The van der Waals surface area contributed by atoms with E-state index in [1.807, 2.05) is 0 Å². The second-order valence-corrected chi connectivity index (χ2v) is 6.19. The molecule has 0 aromatic carbocycles. The Hall–Kier alpha value is -0.620. The maximum absolute atomic E-state index is 11.1. The first-order valence-electron chi connectivity index (χ1n) is 7.76. The summed E-state index contributed by atoms with van der Waals surface area (Å²) in [6.45, 7) is 6.39. The molecular formula is C15H26ClN3O2. The maximum atomic E-state index is 11.1. The number of hydrogen-bond donors (Lipinski definition) is 1. The van der Waals surface area contributed by atoms with E-state index in [9.17, 15) is 5.11 Å². The van der Waals surface area contributed by atoms with Crippen molar-refractivity contribution in [3.63, 3.8) is 0 Å². The summed E-state index contributed by atoms with van der Waals surface area (Å²) in [5.74, 6) is 0. The molecule has 1 fully saturated rings. The number of methoxy groups -OCH3 is 1. The zero-order valence-electron chi connectivity index (χ0n) is 13.0. The topological polar surface area (TPSA) is 50.5 Å². The lowest BCUT2D eigenvalue weighted by Crippen LogP contribution is -2.32. The number of rotatable bonds is 6. The maximum Gasteiger partial charge on any atom is 0.109 e. The fourth-order valence-corrected chi connectivity index (χ4v) is 3.44. The van der Waals surface area contributed by atoms with E-state index in [0.29, 0.717) is 24.6 Å². The molecule has 0 saturated carbocycles. The van der Waals surface area contributed by atoms with Crippen molar-refractivity contribution in [2.45, 2.75) is 44.8 Å². The van der Waals surface area contributed by atoms with Crippen LogP contribution in [-0.2, 0) is 16.9 Å². The highest BCUT2D eigenvalue weighted by Crippen LogP contribution is 2.36. The van der Waals surface area contributed by atoms with E-state index in [0.717, 1.165) is 44.6 Å². The molecule has 1 aromatic heterocycles. The molecule has 0 amide bonds. The fourth-order valence-electron chi connectivity index (χ4n) is 3.12. The van der Waals surface area contributed by atoms with Crippen molar-refractivity contribution < 1.29 is 9.84 Å². The van der Waals surface area contributed by atoms with Crippen LogP contribution in [0.3, 0.4) is 0 Å². The lowest BCUT2D eigenvalue weighted by Gasteiger charge is -2.28. The number of hydrogen-bond acceptors (Lipinski definition) is 4. The smallest absolute Gasteiger partial charge is 0.109 e. The van der Waals surface area contributed by atoms with Crippen molar-refractivity contribution in [3.8, 4) is 0 Å². The summed E-state index contributed by atoms with van der Waals surface area (Å²) in [7, 11) is 1.66. The molecule has 2 heterocycles. The van der Waals surface area contributed by atoms with Gasteiger partial charge >= 0.3 is 0 Å². The molecule has 1 N–H and O–H groups in total. The highest BCUT2D eigenvalue weighted by Gasteiger charge is 2.36. The van der Waals surface area contributed by atoms with Gasteiger partial charge < -0.3 is 14.7 Å². The average molecular weight is 316 g/mol.